The lowest BCUT2D eigenvalue weighted by Gasteiger charge is -2.29. The van der Waals surface area contributed by atoms with Crippen LogP contribution in [0.4, 0.5) is 0 Å². The summed E-state index contributed by atoms with van der Waals surface area (Å²) in [5.41, 5.74) is 1.44. The van der Waals surface area contributed by atoms with Crippen molar-refractivity contribution < 1.29 is 19.2 Å². The second-order valence-electron chi connectivity index (χ2n) is 7.67. The van der Waals surface area contributed by atoms with Crippen LogP contribution >= 0.6 is 0 Å². The zero-order valence-corrected chi connectivity index (χ0v) is 16.6. The van der Waals surface area contributed by atoms with Crippen molar-refractivity contribution in [3.05, 3.63) is 77.0 Å². The Morgan fingerprint density at radius 1 is 1.07 bits per heavy atom. The molecule has 4 rings (SSSR count). The van der Waals surface area contributed by atoms with Gasteiger partial charge in [0.05, 0.1) is 36.9 Å². The Balaban J connectivity index is 1.92. The fourth-order valence-corrected chi connectivity index (χ4v) is 4.98. The van der Waals surface area contributed by atoms with Crippen LogP contribution in [0.25, 0.3) is 6.08 Å². The summed E-state index contributed by atoms with van der Waals surface area (Å²) in [6.07, 6.45) is 3.84. The van der Waals surface area contributed by atoms with Gasteiger partial charge in [-0.2, -0.15) is 10.5 Å². The van der Waals surface area contributed by atoms with Crippen LogP contribution in [0, 0.1) is 28.1 Å². The van der Waals surface area contributed by atoms with Crippen LogP contribution in [-0.4, -0.2) is 24.9 Å². The molecule has 1 saturated heterocycles. The molecule has 148 valence electrons. The molecule has 2 aliphatic rings. The predicted molar refractivity (Wildman–Crippen MR) is 108 cm³/mol. The number of hydrogen-bond acceptors (Lipinski definition) is 5. The van der Waals surface area contributed by atoms with Gasteiger partial charge in [-0.1, -0.05) is 36.4 Å². The smallest absolute Gasteiger partial charge is 0.337 e. The van der Waals surface area contributed by atoms with Crippen LogP contribution in [0.1, 0.15) is 45.9 Å². The van der Waals surface area contributed by atoms with Crippen molar-refractivity contribution in [1.82, 2.24) is 0 Å². The van der Waals surface area contributed by atoms with Crippen LogP contribution in [0.2, 0.25) is 0 Å². The summed E-state index contributed by atoms with van der Waals surface area (Å²) < 4.78 is 4.75. The Bertz CT molecular complexity index is 1120. The number of esters is 1. The molecule has 2 heterocycles. The van der Waals surface area contributed by atoms with Crippen LogP contribution < -0.4 is 4.90 Å². The van der Waals surface area contributed by atoms with Crippen molar-refractivity contribution in [2.75, 3.05) is 7.11 Å². The molecule has 6 nitrogen and oxygen atoms in total. The van der Waals surface area contributed by atoms with Crippen LogP contribution in [0.5, 0.6) is 0 Å². The standard InChI is InChI=1S/C24H19N3O3/c1-15(28)21-20(17-7-9-18(10-8-17)23(29)30-2)24(13-25,14-26)22-19-6-4-3-5-16(19)11-12-27(21)22/h3-12,20-22H,1-2H3/p+1/t20-,21+,22+/m0/s1. The number of nitriles is 2. The second-order valence-corrected chi connectivity index (χ2v) is 7.67. The van der Waals surface area contributed by atoms with Crippen LogP contribution in [0.3, 0.4) is 0 Å². The Labute approximate surface area is 174 Å². The van der Waals surface area contributed by atoms with Gasteiger partial charge in [0, 0.05) is 12.5 Å². The molecule has 30 heavy (non-hydrogen) atoms. The summed E-state index contributed by atoms with van der Waals surface area (Å²) in [4.78, 5) is 25.4. The molecular formula is C24H20N3O3+. The third-order valence-corrected chi connectivity index (χ3v) is 6.23. The van der Waals surface area contributed by atoms with Crippen molar-refractivity contribution in [2.24, 2.45) is 5.41 Å². The first kappa shape index (κ1) is 19.6. The molecule has 6 heteroatoms. The Hall–Kier alpha value is -3.74. The Morgan fingerprint density at radius 3 is 2.33 bits per heavy atom. The zero-order valence-electron chi connectivity index (χ0n) is 16.6. The fraction of sp³-hybridized carbons (Fsp3) is 0.250. The van der Waals surface area contributed by atoms with Gasteiger partial charge >= 0.3 is 5.97 Å². The first-order valence-electron chi connectivity index (χ1n) is 9.63. The van der Waals surface area contributed by atoms with Gasteiger partial charge in [-0.15, -0.1) is 0 Å². The first-order chi connectivity index (χ1) is 14.5. The number of Topliss-reactive ketones (excluding diaryl/α,β-unsaturated/α-hetero) is 1. The summed E-state index contributed by atoms with van der Waals surface area (Å²) in [5, 5.41) is 20.6. The molecule has 2 aliphatic heterocycles. The van der Waals surface area contributed by atoms with Crippen molar-refractivity contribution in [3.63, 3.8) is 0 Å². The summed E-state index contributed by atoms with van der Waals surface area (Å²) in [7, 11) is 1.31. The lowest BCUT2D eigenvalue weighted by Crippen LogP contribution is -3.11. The number of hydrogen-bond donors (Lipinski definition) is 1. The number of rotatable bonds is 3. The molecule has 0 radical (unpaired) electrons. The van der Waals surface area contributed by atoms with Gasteiger partial charge in [0.2, 0.25) is 5.41 Å². The third kappa shape index (κ3) is 2.66. The molecule has 0 bridgehead atoms. The Morgan fingerprint density at radius 2 is 1.73 bits per heavy atom. The second kappa shape index (κ2) is 7.26. The number of ether oxygens (including phenoxy) is 1. The summed E-state index contributed by atoms with van der Waals surface area (Å²) in [6.45, 7) is 1.50. The molecule has 1 unspecified atom stereocenters. The van der Waals surface area contributed by atoms with Gasteiger partial charge in [0.1, 0.15) is 0 Å². The monoisotopic (exact) mass is 398 g/mol. The highest BCUT2D eigenvalue weighted by Gasteiger charge is 2.67. The number of nitrogens with zero attached hydrogens (tertiary/aromatic N) is 2. The van der Waals surface area contributed by atoms with Crippen molar-refractivity contribution >= 4 is 17.8 Å². The van der Waals surface area contributed by atoms with E-state index in [0.717, 1.165) is 16.0 Å². The Kier molecular flexibility index (Phi) is 4.73. The number of methoxy groups -OCH3 is 1. The van der Waals surface area contributed by atoms with E-state index in [-0.39, 0.29) is 5.78 Å². The average Bonchev–Trinajstić information content (AvgIpc) is 3.10. The molecule has 1 N–H and O–H groups in total. The highest BCUT2D eigenvalue weighted by molar-refractivity contribution is 5.89. The molecular weight excluding hydrogens is 378 g/mol. The number of carbonyl (C=O) groups excluding carboxylic acids is 2. The lowest BCUT2D eigenvalue weighted by atomic mass is 9.67. The summed E-state index contributed by atoms with van der Waals surface area (Å²) >= 11 is 0. The van der Waals surface area contributed by atoms with E-state index in [1.165, 1.54) is 14.0 Å². The average molecular weight is 398 g/mol. The van der Waals surface area contributed by atoms with Gasteiger partial charge in [-0.25, -0.2) is 4.79 Å². The number of ketones is 1. The zero-order chi connectivity index (χ0) is 21.5. The number of fused-ring (bicyclic) bond motifs is 3. The van der Waals surface area contributed by atoms with E-state index in [0.29, 0.717) is 11.1 Å². The maximum Gasteiger partial charge on any atom is 0.337 e. The molecule has 0 spiro atoms. The van der Waals surface area contributed by atoms with Crippen molar-refractivity contribution in [2.45, 2.75) is 24.9 Å². The van der Waals surface area contributed by atoms with Crippen LogP contribution in [-0.2, 0) is 9.53 Å². The quantitative estimate of drug-likeness (QED) is 0.800. The van der Waals surface area contributed by atoms with E-state index >= 15 is 0 Å². The minimum Gasteiger partial charge on any atom is -0.465 e. The topological polar surface area (TPSA) is 95.4 Å². The maximum atomic E-state index is 12.8. The minimum atomic E-state index is -1.45. The molecule has 2 aromatic carbocycles. The van der Waals surface area contributed by atoms with Gasteiger partial charge < -0.3 is 4.74 Å². The van der Waals surface area contributed by atoms with E-state index in [1.54, 1.807) is 24.3 Å². The number of quaternary nitrogens is 1. The van der Waals surface area contributed by atoms with Gasteiger partial charge in [0.25, 0.3) is 0 Å². The van der Waals surface area contributed by atoms with Gasteiger partial charge in [-0.05, 0) is 29.3 Å². The number of carbonyl (C=O) groups is 2. The summed E-state index contributed by atoms with van der Waals surface area (Å²) in [6, 6.07) is 17.8. The molecule has 0 amide bonds. The molecule has 0 aromatic heterocycles. The van der Waals surface area contributed by atoms with E-state index in [1.807, 2.05) is 36.5 Å². The third-order valence-electron chi connectivity index (χ3n) is 6.23. The van der Waals surface area contributed by atoms with Crippen molar-refractivity contribution in [3.8, 4) is 12.1 Å². The number of benzene rings is 2. The molecule has 4 atom stereocenters. The number of nitrogens with one attached hydrogen (secondary N) is 1. The first-order valence-corrected chi connectivity index (χ1v) is 9.63. The summed E-state index contributed by atoms with van der Waals surface area (Å²) in [5.74, 6) is -1.20. The van der Waals surface area contributed by atoms with Crippen molar-refractivity contribution in [1.29, 1.82) is 10.5 Å². The molecule has 2 aromatic rings. The molecule has 0 saturated carbocycles. The predicted octanol–water partition coefficient (Wildman–Crippen LogP) is 2.17. The van der Waals surface area contributed by atoms with Gasteiger partial charge in [0.15, 0.2) is 17.9 Å². The van der Waals surface area contributed by atoms with Gasteiger partial charge in [-0.3, -0.25) is 9.69 Å². The van der Waals surface area contributed by atoms with E-state index in [2.05, 4.69) is 12.1 Å². The van der Waals surface area contributed by atoms with Crippen LogP contribution in [0.15, 0.2) is 54.7 Å². The normalized spacial score (nSPS) is 25.3. The van der Waals surface area contributed by atoms with E-state index in [4.69, 9.17) is 4.74 Å². The SMILES string of the molecule is COC(=O)c1ccc([C@H]2[C@@H](C(C)=O)[NH+]3C=Cc4ccccc4[C@@H]3C2(C#N)C#N)cc1. The highest BCUT2D eigenvalue weighted by atomic mass is 16.5. The largest absolute Gasteiger partial charge is 0.465 e. The minimum absolute atomic E-state index is 0.0894. The van der Waals surface area contributed by atoms with E-state index in [9.17, 15) is 20.1 Å². The van der Waals surface area contributed by atoms with E-state index < -0.39 is 29.4 Å². The maximum absolute atomic E-state index is 12.8. The molecule has 0 aliphatic carbocycles. The molecule has 1 fully saturated rings. The fourth-order valence-electron chi connectivity index (χ4n) is 4.98. The highest BCUT2D eigenvalue weighted by Crippen LogP contribution is 2.51. The lowest BCUT2D eigenvalue weighted by molar-refractivity contribution is -0.885.